The van der Waals surface area contributed by atoms with Gasteiger partial charge < -0.3 is 5.32 Å². The molecule has 1 aliphatic heterocycles. The summed E-state index contributed by atoms with van der Waals surface area (Å²) in [5.74, 6) is -0.0922. The second-order valence-electron chi connectivity index (χ2n) is 5.73. The minimum absolute atomic E-state index is 0.340. The SMILES string of the molecule is CC1(CC(F)(F)F)SC(=NCC2CCCCC2)NC1=O. The highest BCUT2D eigenvalue weighted by molar-refractivity contribution is 8.16. The standard InChI is InChI=1S/C13H19F3N2OS/c1-12(8-13(14,15)16)10(19)18-11(20-12)17-7-9-5-3-2-4-6-9/h9H,2-8H2,1H3,(H,17,18,19). The Hall–Kier alpha value is -0.720. The van der Waals surface area contributed by atoms with Crippen molar-refractivity contribution in [3.63, 3.8) is 0 Å². The summed E-state index contributed by atoms with van der Waals surface area (Å²) in [5, 5.41) is 2.82. The van der Waals surface area contributed by atoms with Crippen LogP contribution in [0.1, 0.15) is 45.4 Å². The Morgan fingerprint density at radius 3 is 2.60 bits per heavy atom. The zero-order valence-corrected chi connectivity index (χ0v) is 12.2. The molecule has 2 aliphatic rings. The van der Waals surface area contributed by atoms with Crippen molar-refractivity contribution in [1.29, 1.82) is 0 Å². The minimum Gasteiger partial charge on any atom is -0.304 e. The van der Waals surface area contributed by atoms with E-state index in [4.69, 9.17) is 0 Å². The van der Waals surface area contributed by atoms with Crippen LogP contribution in [0.4, 0.5) is 13.2 Å². The van der Waals surface area contributed by atoms with E-state index < -0.39 is 23.3 Å². The van der Waals surface area contributed by atoms with Crippen LogP contribution in [0.15, 0.2) is 4.99 Å². The molecule has 1 atom stereocenters. The molecular formula is C13H19F3N2OS. The first-order valence-corrected chi connectivity index (χ1v) is 7.72. The van der Waals surface area contributed by atoms with Crippen molar-refractivity contribution in [3.05, 3.63) is 0 Å². The largest absolute Gasteiger partial charge is 0.390 e. The molecule has 1 saturated carbocycles. The summed E-state index contributed by atoms with van der Waals surface area (Å²) in [5.41, 5.74) is 0. The summed E-state index contributed by atoms with van der Waals surface area (Å²) in [4.78, 5) is 16.0. The Balaban J connectivity index is 1.93. The van der Waals surface area contributed by atoms with Crippen molar-refractivity contribution in [2.75, 3.05) is 6.54 Å². The number of nitrogens with one attached hydrogen (secondary N) is 1. The molecule has 0 aromatic heterocycles. The van der Waals surface area contributed by atoms with E-state index in [1.165, 1.54) is 26.2 Å². The van der Waals surface area contributed by atoms with Gasteiger partial charge in [-0.25, -0.2) is 0 Å². The summed E-state index contributed by atoms with van der Waals surface area (Å²) in [6.45, 7) is 1.92. The van der Waals surface area contributed by atoms with Crippen LogP contribution >= 0.6 is 11.8 Å². The highest BCUT2D eigenvalue weighted by atomic mass is 32.2. The molecule has 1 heterocycles. The van der Waals surface area contributed by atoms with E-state index in [1.54, 1.807) is 0 Å². The number of alkyl halides is 3. The molecule has 2 fully saturated rings. The second-order valence-corrected chi connectivity index (χ2v) is 7.22. The third-order valence-corrected chi connectivity index (χ3v) is 4.98. The smallest absolute Gasteiger partial charge is 0.304 e. The van der Waals surface area contributed by atoms with Crippen LogP contribution in [0.3, 0.4) is 0 Å². The van der Waals surface area contributed by atoms with Crippen molar-refractivity contribution in [2.24, 2.45) is 10.9 Å². The fourth-order valence-electron chi connectivity index (χ4n) is 2.67. The number of rotatable bonds is 3. The Morgan fingerprint density at radius 2 is 2.00 bits per heavy atom. The van der Waals surface area contributed by atoms with Gasteiger partial charge in [-0.2, -0.15) is 13.2 Å². The number of amides is 1. The first-order chi connectivity index (χ1) is 9.28. The maximum absolute atomic E-state index is 12.5. The van der Waals surface area contributed by atoms with E-state index in [2.05, 4.69) is 10.3 Å². The number of halogens is 3. The van der Waals surface area contributed by atoms with Gasteiger partial charge in [0.15, 0.2) is 5.17 Å². The highest BCUT2D eigenvalue weighted by Crippen LogP contribution is 2.40. The maximum Gasteiger partial charge on any atom is 0.390 e. The molecule has 114 valence electrons. The minimum atomic E-state index is -4.35. The van der Waals surface area contributed by atoms with Crippen molar-refractivity contribution in [1.82, 2.24) is 5.32 Å². The average molecular weight is 308 g/mol. The van der Waals surface area contributed by atoms with Crippen molar-refractivity contribution in [3.8, 4) is 0 Å². The van der Waals surface area contributed by atoms with Crippen molar-refractivity contribution >= 4 is 22.8 Å². The number of aliphatic imine (C=N–C) groups is 1. The molecule has 2 rings (SSSR count). The molecule has 0 aromatic carbocycles. The van der Waals surface area contributed by atoms with Crippen LogP contribution in [-0.2, 0) is 4.79 Å². The second kappa shape index (κ2) is 5.95. The van der Waals surface area contributed by atoms with E-state index in [9.17, 15) is 18.0 Å². The van der Waals surface area contributed by atoms with E-state index in [0.29, 0.717) is 17.6 Å². The number of nitrogens with zero attached hydrogens (tertiary/aromatic N) is 1. The maximum atomic E-state index is 12.5. The van der Waals surface area contributed by atoms with Gasteiger partial charge in [0.2, 0.25) is 5.91 Å². The van der Waals surface area contributed by atoms with Gasteiger partial charge in [-0.3, -0.25) is 9.79 Å². The molecular weight excluding hydrogens is 289 g/mol. The lowest BCUT2D eigenvalue weighted by molar-refractivity contribution is -0.148. The molecule has 1 saturated heterocycles. The van der Waals surface area contributed by atoms with Crippen LogP contribution in [-0.4, -0.2) is 28.5 Å². The van der Waals surface area contributed by atoms with Crippen LogP contribution in [0.2, 0.25) is 0 Å². The Morgan fingerprint density at radius 1 is 1.35 bits per heavy atom. The normalized spacial score (nSPS) is 30.8. The predicted octanol–water partition coefficient (Wildman–Crippen LogP) is 3.50. The molecule has 1 N–H and O–H groups in total. The van der Waals surface area contributed by atoms with Crippen LogP contribution in [0.5, 0.6) is 0 Å². The third kappa shape index (κ3) is 4.14. The van der Waals surface area contributed by atoms with Gasteiger partial charge in [0, 0.05) is 6.54 Å². The topological polar surface area (TPSA) is 41.5 Å². The zero-order valence-electron chi connectivity index (χ0n) is 11.4. The van der Waals surface area contributed by atoms with Crippen LogP contribution in [0.25, 0.3) is 0 Å². The molecule has 1 unspecified atom stereocenters. The van der Waals surface area contributed by atoms with Gasteiger partial charge in [-0.15, -0.1) is 0 Å². The van der Waals surface area contributed by atoms with Gasteiger partial charge in [0.05, 0.1) is 6.42 Å². The molecule has 1 aliphatic carbocycles. The predicted molar refractivity (Wildman–Crippen MR) is 73.7 cm³/mol. The number of carbonyl (C=O) groups excluding carboxylic acids is 1. The van der Waals surface area contributed by atoms with Gasteiger partial charge >= 0.3 is 6.18 Å². The number of hydrogen-bond donors (Lipinski definition) is 1. The van der Waals surface area contributed by atoms with E-state index >= 15 is 0 Å². The van der Waals surface area contributed by atoms with Gasteiger partial charge in [-0.05, 0) is 25.7 Å². The number of hydrogen-bond acceptors (Lipinski definition) is 3. The number of carbonyl (C=O) groups is 1. The molecule has 0 radical (unpaired) electrons. The zero-order chi connectivity index (χ0) is 14.8. The summed E-state index contributed by atoms with van der Waals surface area (Å²) < 4.78 is 36.0. The highest BCUT2D eigenvalue weighted by Gasteiger charge is 2.49. The van der Waals surface area contributed by atoms with Crippen LogP contribution in [0, 0.1) is 5.92 Å². The lowest BCUT2D eigenvalue weighted by Crippen LogP contribution is -2.37. The molecule has 0 bridgehead atoms. The molecule has 7 heteroatoms. The van der Waals surface area contributed by atoms with Crippen molar-refractivity contribution < 1.29 is 18.0 Å². The van der Waals surface area contributed by atoms with Gasteiger partial charge in [-0.1, -0.05) is 31.0 Å². The molecule has 3 nitrogen and oxygen atoms in total. The van der Waals surface area contributed by atoms with Gasteiger partial charge in [0.1, 0.15) is 4.75 Å². The lowest BCUT2D eigenvalue weighted by Gasteiger charge is -2.20. The summed E-state index contributed by atoms with van der Waals surface area (Å²) in [7, 11) is 0. The molecule has 0 spiro atoms. The Kier molecular flexibility index (Phi) is 4.66. The van der Waals surface area contributed by atoms with E-state index in [-0.39, 0.29) is 0 Å². The lowest BCUT2D eigenvalue weighted by atomic mass is 9.89. The monoisotopic (exact) mass is 308 g/mol. The van der Waals surface area contributed by atoms with Crippen molar-refractivity contribution in [2.45, 2.75) is 56.4 Å². The quantitative estimate of drug-likeness (QED) is 0.867. The van der Waals surface area contributed by atoms with E-state index in [1.807, 2.05) is 0 Å². The van der Waals surface area contributed by atoms with Crippen LogP contribution < -0.4 is 5.32 Å². The Labute approximate surface area is 120 Å². The summed E-state index contributed by atoms with van der Waals surface area (Å²) >= 11 is 0.906. The number of thioether (sulfide) groups is 1. The molecule has 20 heavy (non-hydrogen) atoms. The average Bonchev–Trinajstić information content (AvgIpc) is 2.61. The third-order valence-electron chi connectivity index (χ3n) is 3.78. The molecule has 1 amide bonds. The number of amidine groups is 1. The first kappa shape index (κ1) is 15.7. The molecule has 0 aromatic rings. The fourth-order valence-corrected chi connectivity index (χ4v) is 3.76. The Bertz CT molecular complexity index is 405. The van der Waals surface area contributed by atoms with Gasteiger partial charge in [0.25, 0.3) is 0 Å². The fraction of sp³-hybridized carbons (Fsp3) is 0.846. The first-order valence-electron chi connectivity index (χ1n) is 6.90. The van der Waals surface area contributed by atoms with E-state index in [0.717, 1.165) is 24.6 Å². The summed E-state index contributed by atoms with van der Waals surface area (Å²) in [6, 6.07) is 0. The summed E-state index contributed by atoms with van der Waals surface area (Å²) in [6.07, 6.45) is 0.408.